The van der Waals surface area contributed by atoms with E-state index in [0.717, 1.165) is 42.2 Å². The first-order chi connectivity index (χ1) is 14.3. The fourth-order valence-corrected chi connectivity index (χ4v) is 4.47. The van der Waals surface area contributed by atoms with Crippen molar-refractivity contribution in [1.82, 2.24) is 9.97 Å². The second-order valence-electron chi connectivity index (χ2n) is 7.94. The third-order valence-electron chi connectivity index (χ3n) is 6.11. The van der Waals surface area contributed by atoms with Gasteiger partial charge in [-0.15, -0.1) is 0 Å². The minimum atomic E-state index is 0.603. The van der Waals surface area contributed by atoms with Crippen molar-refractivity contribution >= 4 is 33.8 Å². The molecule has 6 nitrogen and oxygen atoms in total. The van der Waals surface area contributed by atoms with Crippen molar-refractivity contribution in [2.75, 3.05) is 34.1 Å². The number of nitrogens with zero attached hydrogens (tertiary/aromatic N) is 3. The molecular weight excluding hydrogens is 360 g/mol. The molecule has 1 aliphatic heterocycles. The van der Waals surface area contributed by atoms with Crippen LogP contribution in [0.4, 0.5) is 22.9 Å². The summed E-state index contributed by atoms with van der Waals surface area (Å²) in [6, 6.07) is 13.5. The highest BCUT2D eigenvalue weighted by Crippen LogP contribution is 2.36. The molecule has 0 spiro atoms. The molecule has 1 fully saturated rings. The standard InChI is InChI=1S/C23H28N6/c1-2-29-15-27-21-11-18-20(12-22(21)29)25-14-26-23(18)24-13-16-7-3-6-10-19(16)28-17-8-4-5-9-17/h3,6-7,10-12,14,17,27-28H,2,4-5,8-9,13,15H2,1H3,(H,24,25,26). The van der Waals surface area contributed by atoms with Gasteiger partial charge in [0, 0.05) is 30.2 Å². The molecule has 5 rings (SSSR count). The molecule has 0 radical (unpaired) electrons. The highest BCUT2D eigenvalue weighted by Gasteiger charge is 2.19. The highest BCUT2D eigenvalue weighted by molar-refractivity contribution is 5.97. The summed E-state index contributed by atoms with van der Waals surface area (Å²) in [5, 5.41) is 11.8. The van der Waals surface area contributed by atoms with Crippen LogP contribution in [0, 0.1) is 0 Å². The van der Waals surface area contributed by atoms with Crippen LogP contribution in [0.2, 0.25) is 0 Å². The molecule has 1 saturated carbocycles. The van der Waals surface area contributed by atoms with Gasteiger partial charge in [-0.3, -0.25) is 0 Å². The zero-order chi connectivity index (χ0) is 19.6. The van der Waals surface area contributed by atoms with Crippen LogP contribution in [0.25, 0.3) is 10.9 Å². The molecule has 3 N–H and O–H groups in total. The van der Waals surface area contributed by atoms with E-state index in [0.29, 0.717) is 6.04 Å². The molecule has 0 atom stereocenters. The van der Waals surface area contributed by atoms with Gasteiger partial charge in [0.2, 0.25) is 0 Å². The van der Waals surface area contributed by atoms with E-state index in [2.05, 4.69) is 74.1 Å². The largest absolute Gasteiger partial charge is 0.382 e. The van der Waals surface area contributed by atoms with Gasteiger partial charge in [0.05, 0.1) is 23.6 Å². The first-order valence-electron chi connectivity index (χ1n) is 10.7. The van der Waals surface area contributed by atoms with Crippen molar-refractivity contribution in [3.8, 4) is 0 Å². The van der Waals surface area contributed by atoms with E-state index in [1.165, 1.54) is 42.6 Å². The number of anilines is 4. The summed E-state index contributed by atoms with van der Waals surface area (Å²) in [6.45, 7) is 4.73. The van der Waals surface area contributed by atoms with Gasteiger partial charge in [-0.05, 0) is 43.5 Å². The van der Waals surface area contributed by atoms with Gasteiger partial charge in [0.1, 0.15) is 12.1 Å². The minimum Gasteiger partial charge on any atom is -0.382 e. The third-order valence-corrected chi connectivity index (χ3v) is 6.11. The average molecular weight is 389 g/mol. The van der Waals surface area contributed by atoms with Crippen LogP contribution in [0.5, 0.6) is 0 Å². The van der Waals surface area contributed by atoms with Gasteiger partial charge in [-0.1, -0.05) is 31.0 Å². The van der Waals surface area contributed by atoms with Gasteiger partial charge in [0.15, 0.2) is 0 Å². The van der Waals surface area contributed by atoms with Crippen molar-refractivity contribution in [2.24, 2.45) is 0 Å². The van der Waals surface area contributed by atoms with Gasteiger partial charge in [0.25, 0.3) is 0 Å². The summed E-state index contributed by atoms with van der Waals surface area (Å²) in [6.07, 6.45) is 6.85. The number of hydrogen-bond acceptors (Lipinski definition) is 6. The normalized spacial score (nSPS) is 16.1. The maximum absolute atomic E-state index is 4.54. The predicted molar refractivity (Wildman–Crippen MR) is 121 cm³/mol. The average Bonchev–Trinajstić information content (AvgIpc) is 3.41. The number of rotatable bonds is 6. The van der Waals surface area contributed by atoms with Crippen LogP contribution in [0.15, 0.2) is 42.7 Å². The van der Waals surface area contributed by atoms with Crippen LogP contribution in [-0.4, -0.2) is 29.2 Å². The number of hydrogen-bond donors (Lipinski definition) is 3. The van der Waals surface area contributed by atoms with E-state index >= 15 is 0 Å². The van der Waals surface area contributed by atoms with Gasteiger partial charge in [-0.2, -0.15) is 0 Å². The quantitative estimate of drug-likeness (QED) is 0.563. The maximum atomic E-state index is 4.54. The Balaban J connectivity index is 1.39. The van der Waals surface area contributed by atoms with Gasteiger partial charge in [-0.25, -0.2) is 9.97 Å². The number of nitrogens with one attached hydrogen (secondary N) is 3. The van der Waals surface area contributed by atoms with Crippen molar-refractivity contribution in [3.63, 3.8) is 0 Å². The monoisotopic (exact) mass is 388 g/mol. The van der Waals surface area contributed by atoms with E-state index in [4.69, 9.17) is 0 Å². The zero-order valence-electron chi connectivity index (χ0n) is 16.9. The SMILES string of the molecule is CCN1CNc2cc3c(NCc4ccccc4NC4CCCC4)ncnc3cc21. The van der Waals surface area contributed by atoms with E-state index in [1.54, 1.807) is 6.33 Å². The molecule has 2 heterocycles. The Morgan fingerprint density at radius 2 is 2.00 bits per heavy atom. The lowest BCUT2D eigenvalue weighted by molar-refractivity contribution is 0.753. The minimum absolute atomic E-state index is 0.603. The third kappa shape index (κ3) is 3.55. The summed E-state index contributed by atoms with van der Waals surface area (Å²) >= 11 is 0. The Morgan fingerprint density at radius 1 is 1.14 bits per heavy atom. The Morgan fingerprint density at radius 3 is 2.86 bits per heavy atom. The second kappa shape index (κ2) is 7.78. The lowest BCUT2D eigenvalue weighted by Gasteiger charge is -2.18. The number of para-hydroxylation sites is 1. The summed E-state index contributed by atoms with van der Waals surface area (Å²) in [7, 11) is 0. The highest BCUT2D eigenvalue weighted by atomic mass is 15.3. The molecule has 0 amide bonds. The molecule has 29 heavy (non-hydrogen) atoms. The lowest BCUT2D eigenvalue weighted by atomic mass is 10.1. The molecule has 3 aromatic rings. The number of fused-ring (bicyclic) bond motifs is 2. The molecule has 0 unspecified atom stereocenters. The van der Waals surface area contributed by atoms with E-state index in [1.807, 2.05) is 0 Å². The van der Waals surface area contributed by atoms with Crippen molar-refractivity contribution < 1.29 is 0 Å². The van der Waals surface area contributed by atoms with Crippen LogP contribution >= 0.6 is 0 Å². The Labute approximate surface area is 171 Å². The maximum Gasteiger partial charge on any atom is 0.137 e. The van der Waals surface area contributed by atoms with Crippen LogP contribution in [0.1, 0.15) is 38.2 Å². The molecule has 2 aromatic carbocycles. The van der Waals surface area contributed by atoms with Gasteiger partial charge >= 0.3 is 0 Å². The fraction of sp³-hybridized carbons (Fsp3) is 0.391. The molecule has 0 bridgehead atoms. The van der Waals surface area contributed by atoms with E-state index in [9.17, 15) is 0 Å². The molecule has 0 saturated heterocycles. The molecular formula is C23H28N6. The van der Waals surface area contributed by atoms with Crippen LogP contribution in [-0.2, 0) is 6.54 Å². The van der Waals surface area contributed by atoms with Crippen molar-refractivity contribution in [3.05, 3.63) is 48.3 Å². The first-order valence-corrected chi connectivity index (χ1v) is 10.7. The van der Waals surface area contributed by atoms with Gasteiger partial charge < -0.3 is 20.9 Å². The molecule has 6 heteroatoms. The second-order valence-corrected chi connectivity index (χ2v) is 7.94. The summed E-state index contributed by atoms with van der Waals surface area (Å²) in [5.41, 5.74) is 5.84. The number of benzene rings is 2. The topological polar surface area (TPSA) is 65.1 Å². The van der Waals surface area contributed by atoms with Crippen molar-refractivity contribution in [1.29, 1.82) is 0 Å². The Kier molecular flexibility index (Phi) is 4.84. The molecule has 150 valence electrons. The molecule has 1 aliphatic carbocycles. The smallest absolute Gasteiger partial charge is 0.137 e. The predicted octanol–water partition coefficient (Wildman–Crippen LogP) is 4.81. The van der Waals surface area contributed by atoms with Crippen LogP contribution in [0.3, 0.4) is 0 Å². The fourth-order valence-electron chi connectivity index (χ4n) is 4.47. The molecule has 1 aromatic heterocycles. The zero-order valence-corrected chi connectivity index (χ0v) is 16.9. The summed E-state index contributed by atoms with van der Waals surface area (Å²) in [5.74, 6) is 0.880. The summed E-state index contributed by atoms with van der Waals surface area (Å²) in [4.78, 5) is 11.4. The van der Waals surface area contributed by atoms with Crippen molar-refractivity contribution in [2.45, 2.75) is 45.2 Å². The Hall–Kier alpha value is -3.02. The Bertz CT molecular complexity index is 1010. The van der Waals surface area contributed by atoms with E-state index < -0.39 is 0 Å². The summed E-state index contributed by atoms with van der Waals surface area (Å²) < 4.78 is 0. The van der Waals surface area contributed by atoms with E-state index in [-0.39, 0.29) is 0 Å². The lowest BCUT2D eigenvalue weighted by Crippen LogP contribution is -2.21. The number of aromatic nitrogens is 2. The molecule has 2 aliphatic rings. The van der Waals surface area contributed by atoms with Crippen LogP contribution < -0.4 is 20.9 Å². The first kappa shape index (κ1) is 18.0.